The van der Waals surface area contributed by atoms with Crippen LogP contribution in [0.3, 0.4) is 0 Å². The normalized spacial score (nSPS) is 26.2. The third-order valence-corrected chi connectivity index (χ3v) is 3.70. The summed E-state index contributed by atoms with van der Waals surface area (Å²) in [5.41, 5.74) is 5.61. The molecular formula is C12H22N2O2. The third-order valence-electron chi connectivity index (χ3n) is 3.70. The molecule has 0 aromatic carbocycles. The van der Waals surface area contributed by atoms with Gasteiger partial charge in [0.2, 0.25) is 5.91 Å². The van der Waals surface area contributed by atoms with Gasteiger partial charge in [-0.15, -0.1) is 0 Å². The zero-order valence-corrected chi connectivity index (χ0v) is 9.86. The largest absolute Gasteiger partial charge is 0.381 e. The summed E-state index contributed by atoms with van der Waals surface area (Å²) in [6, 6.07) is 0.441. The highest BCUT2D eigenvalue weighted by atomic mass is 16.5. The molecule has 0 aromatic heterocycles. The van der Waals surface area contributed by atoms with Crippen molar-refractivity contribution in [1.82, 2.24) is 4.90 Å². The molecule has 2 fully saturated rings. The van der Waals surface area contributed by atoms with Crippen LogP contribution in [0.25, 0.3) is 0 Å². The van der Waals surface area contributed by atoms with Gasteiger partial charge in [-0.05, 0) is 19.3 Å². The van der Waals surface area contributed by atoms with Gasteiger partial charge >= 0.3 is 0 Å². The summed E-state index contributed by atoms with van der Waals surface area (Å²) in [5.74, 6) is 0.363. The first-order chi connectivity index (χ1) is 7.83. The summed E-state index contributed by atoms with van der Waals surface area (Å²) in [7, 11) is 0. The first-order valence-electron chi connectivity index (χ1n) is 6.41. The molecule has 4 nitrogen and oxygen atoms in total. The molecule has 1 saturated carbocycles. The lowest BCUT2D eigenvalue weighted by Gasteiger charge is -2.30. The van der Waals surface area contributed by atoms with E-state index in [1.165, 1.54) is 12.8 Å². The second-order valence-corrected chi connectivity index (χ2v) is 4.82. The van der Waals surface area contributed by atoms with Crippen LogP contribution in [0.4, 0.5) is 0 Å². The quantitative estimate of drug-likeness (QED) is 0.769. The first kappa shape index (κ1) is 11.9. The summed E-state index contributed by atoms with van der Waals surface area (Å²) in [6.07, 6.45) is 5.69. The first-order valence-corrected chi connectivity index (χ1v) is 6.41. The number of hydrogen-bond donors (Lipinski definition) is 1. The Balaban J connectivity index is 1.96. The molecule has 0 bridgehead atoms. The van der Waals surface area contributed by atoms with E-state index in [0.29, 0.717) is 25.7 Å². The van der Waals surface area contributed by atoms with Crippen LogP contribution in [0.1, 0.15) is 32.1 Å². The molecule has 1 aliphatic carbocycles. The van der Waals surface area contributed by atoms with Crippen LogP contribution in [-0.2, 0) is 9.53 Å². The molecule has 0 radical (unpaired) electrons. The van der Waals surface area contributed by atoms with E-state index in [0.717, 1.165) is 25.9 Å². The number of carbonyl (C=O) groups is 1. The number of nitrogens with two attached hydrogens (primary N) is 1. The van der Waals surface area contributed by atoms with E-state index < -0.39 is 0 Å². The summed E-state index contributed by atoms with van der Waals surface area (Å²) in [6.45, 7) is 2.61. The monoisotopic (exact) mass is 226 g/mol. The van der Waals surface area contributed by atoms with Gasteiger partial charge in [0.25, 0.3) is 0 Å². The summed E-state index contributed by atoms with van der Waals surface area (Å²) in [4.78, 5) is 14.3. The molecule has 1 unspecified atom stereocenters. The number of rotatable bonds is 4. The van der Waals surface area contributed by atoms with Crippen LogP contribution in [0.5, 0.6) is 0 Å². The fourth-order valence-electron chi connectivity index (χ4n) is 2.79. The lowest BCUT2D eigenvalue weighted by Crippen LogP contribution is -2.45. The van der Waals surface area contributed by atoms with Crippen molar-refractivity contribution in [3.8, 4) is 0 Å². The Labute approximate surface area is 97.1 Å². The number of carbonyl (C=O) groups excluding carboxylic acids is 1. The Morgan fingerprint density at radius 3 is 2.62 bits per heavy atom. The van der Waals surface area contributed by atoms with E-state index in [4.69, 9.17) is 10.5 Å². The van der Waals surface area contributed by atoms with Crippen molar-refractivity contribution in [1.29, 1.82) is 0 Å². The molecule has 1 amide bonds. The third kappa shape index (κ3) is 2.55. The number of hydrogen-bond acceptors (Lipinski definition) is 3. The second kappa shape index (κ2) is 5.64. The van der Waals surface area contributed by atoms with Crippen LogP contribution >= 0.6 is 0 Å². The van der Waals surface area contributed by atoms with Crippen LogP contribution < -0.4 is 5.73 Å². The van der Waals surface area contributed by atoms with Crippen molar-refractivity contribution in [2.45, 2.75) is 38.1 Å². The fraction of sp³-hybridized carbons (Fsp3) is 0.917. The molecule has 1 heterocycles. The van der Waals surface area contributed by atoms with Crippen molar-refractivity contribution in [3.63, 3.8) is 0 Å². The molecule has 2 aliphatic rings. The Morgan fingerprint density at radius 2 is 2.06 bits per heavy atom. The maximum Gasteiger partial charge on any atom is 0.228 e. The SMILES string of the molecule is NCCN(C(=O)C1CCOC1)C1CCCC1. The smallest absolute Gasteiger partial charge is 0.228 e. The maximum atomic E-state index is 12.3. The standard InChI is InChI=1S/C12H22N2O2/c13-6-7-14(11-3-1-2-4-11)12(15)10-5-8-16-9-10/h10-11H,1-9,13H2. The molecule has 16 heavy (non-hydrogen) atoms. The van der Waals surface area contributed by atoms with E-state index in [2.05, 4.69) is 0 Å². The molecule has 1 saturated heterocycles. The van der Waals surface area contributed by atoms with Gasteiger partial charge in [-0.25, -0.2) is 0 Å². The topological polar surface area (TPSA) is 55.6 Å². The zero-order valence-electron chi connectivity index (χ0n) is 9.86. The molecule has 0 spiro atoms. The van der Waals surface area contributed by atoms with Crippen LogP contribution in [0.2, 0.25) is 0 Å². The molecular weight excluding hydrogens is 204 g/mol. The van der Waals surface area contributed by atoms with Gasteiger partial charge in [-0.3, -0.25) is 4.79 Å². The Hall–Kier alpha value is -0.610. The molecule has 2 rings (SSSR count). The van der Waals surface area contributed by atoms with E-state index >= 15 is 0 Å². The van der Waals surface area contributed by atoms with Crippen molar-refractivity contribution in [2.75, 3.05) is 26.3 Å². The fourth-order valence-corrected chi connectivity index (χ4v) is 2.79. The Morgan fingerprint density at radius 1 is 1.31 bits per heavy atom. The van der Waals surface area contributed by atoms with E-state index in [1.54, 1.807) is 0 Å². The van der Waals surface area contributed by atoms with Gasteiger partial charge in [0, 0.05) is 25.7 Å². The van der Waals surface area contributed by atoms with Crippen LogP contribution in [0, 0.1) is 5.92 Å². The number of nitrogens with zero attached hydrogens (tertiary/aromatic N) is 1. The average molecular weight is 226 g/mol. The lowest BCUT2D eigenvalue weighted by molar-refractivity contribution is -0.137. The highest BCUT2D eigenvalue weighted by Crippen LogP contribution is 2.26. The number of amides is 1. The average Bonchev–Trinajstić information content (AvgIpc) is 2.96. The summed E-state index contributed by atoms with van der Waals surface area (Å²) >= 11 is 0. The highest BCUT2D eigenvalue weighted by Gasteiger charge is 2.32. The van der Waals surface area contributed by atoms with Crippen molar-refractivity contribution < 1.29 is 9.53 Å². The van der Waals surface area contributed by atoms with E-state index in [1.807, 2.05) is 4.90 Å². The highest BCUT2D eigenvalue weighted by molar-refractivity contribution is 5.79. The molecule has 1 aliphatic heterocycles. The maximum absolute atomic E-state index is 12.3. The van der Waals surface area contributed by atoms with Crippen molar-refractivity contribution >= 4 is 5.91 Å². The summed E-state index contributed by atoms with van der Waals surface area (Å²) < 4.78 is 5.29. The van der Waals surface area contributed by atoms with E-state index in [-0.39, 0.29) is 11.8 Å². The molecule has 1 atom stereocenters. The minimum Gasteiger partial charge on any atom is -0.381 e. The van der Waals surface area contributed by atoms with Crippen LogP contribution in [0.15, 0.2) is 0 Å². The Kier molecular flexibility index (Phi) is 4.18. The van der Waals surface area contributed by atoms with Gasteiger partial charge < -0.3 is 15.4 Å². The van der Waals surface area contributed by atoms with Gasteiger partial charge in [-0.2, -0.15) is 0 Å². The van der Waals surface area contributed by atoms with Gasteiger partial charge in [0.05, 0.1) is 12.5 Å². The van der Waals surface area contributed by atoms with Gasteiger partial charge in [0.15, 0.2) is 0 Å². The van der Waals surface area contributed by atoms with Gasteiger partial charge in [0.1, 0.15) is 0 Å². The molecule has 4 heteroatoms. The second-order valence-electron chi connectivity index (χ2n) is 4.82. The number of ether oxygens (including phenoxy) is 1. The van der Waals surface area contributed by atoms with Crippen LogP contribution in [-0.4, -0.2) is 43.2 Å². The summed E-state index contributed by atoms with van der Waals surface area (Å²) in [5, 5.41) is 0. The van der Waals surface area contributed by atoms with Gasteiger partial charge in [-0.1, -0.05) is 12.8 Å². The molecule has 0 aromatic rings. The predicted molar refractivity (Wildman–Crippen MR) is 61.9 cm³/mol. The van der Waals surface area contributed by atoms with E-state index in [9.17, 15) is 4.79 Å². The molecule has 2 N–H and O–H groups in total. The van der Waals surface area contributed by atoms with Crippen molar-refractivity contribution in [2.24, 2.45) is 11.7 Å². The predicted octanol–water partition coefficient (Wildman–Crippen LogP) is 0.753. The zero-order chi connectivity index (χ0) is 11.4. The van der Waals surface area contributed by atoms with Crippen molar-refractivity contribution in [3.05, 3.63) is 0 Å². The lowest BCUT2D eigenvalue weighted by atomic mass is 10.1. The minimum atomic E-state index is 0.0900. The Bertz CT molecular complexity index is 233. The minimum absolute atomic E-state index is 0.0900. The molecule has 92 valence electrons.